The third-order valence-corrected chi connectivity index (χ3v) is 2.94. The summed E-state index contributed by atoms with van der Waals surface area (Å²) >= 11 is 5.76. The molecule has 108 valence electrons. The Kier molecular flexibility index (Phi) is 4.79. The lowest BCUT2D eigenvalue weighted by atomic mass is 10.0. The van der Waals surface area contributed by atoms with Crippen LogP contribution in [-0.2, 0) is 11.4 Å². The highest BCUT2D eigenvalue weighted by molar-refractivity contribution is 6.29. The van der Waals surface area contributed by atoms with Crippen molar-refractivity contribution in [2.75, 3.05) is 0 Å². The van der Waals surface area contributed by atoms with E-state index in [-0.39, 0.29) is 12.2 Å². The Morgan fingerprint density at radius 1 is 1.24 bits per heavy atom. The maximum absolute atomic E-state index is 11.1. The summed E-state index contributed by atoms with van der Waals surface area (Å²) in [6, 6.07) is 11.7. The fourth-order valence-corrected chi connectivity index (χ4v) is 1.93. The summed E-state index contributed by atoms with van der Waals surface area (Å²) in [4.78, 5) is 15.1. The highest BCUT2D eigenvalue weighted by atomic mass is 35.5. The van der Waals surface area contributed by atoms with Gasteiger partial charge in [0.15, 0.2) is 0 Å². The van der Waals surface area contributed by atoms with Gasteiger partial charge < -0.3 is 14.9 Å². The second kappa shape index (κ2) is 6.76. The number of pyridine rings is 1. The number of carbonyl (C=O) groups is 1. The number of hydrogen-bond acceptors (Lipinski definition) is 4. The van der Waals surface area contributed by atoms with Crippen LogP contribution in [0.4, 0.5) is 0 Å². The van der Waals surface area contributed by atoms with Crippen molar-refractivity contribution in [3.8, 4) is 5.88 Å². The summed E-state index contributed by atoms with van der Waals surface area (Å²) in [5.41, 5.74) is 0.796. The maximum Gasteiger partial charge on any atom is 0.339 e. The summed E-state index contributed by atoms with van der Waals surface area (Å²) in [5, 5.41) is 18.5. The van der Waals surface area contributed by atoms with E-state index in [1.807, 2.05) is 0 Å². The summed E-state index contributed by atoms with van der Waals surface area (Å²) < 4.78 is 5.49. The van der Waals surface area contributed by atoms with Gasteiger partial charge in [-0.2, -0.15) is 0 Å². The second-order valence-electron chi connectivity index (χ2n) is 4.09. The van der Waals surface area contributed by atoms with Crippen LogP contribution in [0.25, 0.3) is 5.57 Å². The second-order valence-corrected chi connectivity index (χ2v) is 4.48. The molecule has 2 aromatic rings. The van der Waals surface area contributed by atoms with Crippen LogP contribution >= 0.6 is 11.6 Å². The van der Waals surface area contributed by atoms with Gasteiger partial charge >= 0.3 is 5.97 Å². The topological polar surface area (TPSA) is 79.7 Å². The third kappa shape index (κ3) is 3.73. The van der Waals surface area contributed by atoms with Crippen molar-refractivity contribution in [1.29, 1.82) is 0 Å². The molecule has 0 unspecified atom stereocenters. The Balaban J connectivity index is 2.23. The molecule has 0 saturated carbocycles. The Morgan fingerprint density at radius 3 is 2.67 bits per heavy atom. The van der Waals surface area contributed by atoms with E-state index < -0.39 is 5.97 Å². The monoisotopic (exact) mass is 305 g/mol. The van der Waals surface area contributed by atoms with E-state index in [9.17, 15) is 4.79 Å². The van der Waals surface area contributed by atoms with Crippen molar-refractivity contribution >= 4 is 23.1 Å². The zero-order valence-electron chi connectivity index (χ0n) is 10.9. The molecule has 0 fully saturated rings. The van der Waals surface area contributed by atoms with Gasteiger partial charge in [-0.05, 0) is 17.2 Å². The molecule has 21 heavy (non-hydrogen) atoms. The lowest BCUT2D eigenvalue weighted by molar-refractivity contribution is -0.130. The van der Waals surface area contributed by atoms with Crippen LogP contribution < -0.4 is 4.74 Å². The Bertz CT molecular complexity index is 685. The molecule has 1 aromatic carbocycles. The molecule has 0 radical (unpaired) electrons. The molecule has 0 aliphatic rings. The van der Waals surface area contributed by atoms with E-state index in [1.54, 1.807) is 42.5 Å². The number of aliphatic hydroxyl groups excluding tert-OH is 1. The quantitative estimate of drug-likeness (QED) is 0.503. The van der Waals surface area contributed by atoms with Crippen LogP contribution in [0.1, 0.15) is 11.1 Å². The number of halogens is 1. The predicted octanol–water partition coefficient (Wildman–Crippen LogP) is 3.30. The van der Waals surface area contributed by atoms with E-state index in [0.717, 1.165) is 0 Å². The zero-order valence-corrected chi connectivity index (χ0v) is 11.6. The van der Waals surface area contributed by atoms with Crippen molar-refractivity contribution in [3.63, 3.8) is 0 Å². The number of aromatic nitrogens is 1. The van der Waals surface area contributed by atoms with Gasteiger partial charge in [-0.1, -0.05) is 41.9 Å². The number of hydrogen-bond donors (Lipinski definition) is 2. The normalized spacial score (nSPS) is 11.2. The molecular weight excluding hydrogens is 294 g/mol. The van der Waals surface area contributed by atoms with E-state index in [1.165, 1.54) is 0 Å². The minimum Gasteiger partial charge on any atom is -0.515 e. The van der Waals surface area contributed by atoms with Gasteiger partial charge in [-0.3, -0.25) is 0 Å². The summed E-state index contributed by atoms with van der Waals surface area (Å²) in [5.74, 6) is -0.881. The number of rotatable bonds is 5. The first-order chi connectivity index (χ1) is 10.1. The molecule has 0 aliphatic carbocycles. The highest BCUT2D eigenvalue weighted by Crippen LogP contribution is 2.21. The molecule has 6 heteroatoms. The predicted molar refractivity (Wildman–Crippen MR) is 78.3 cm³/mol. The molecule has 0 aliphatic heterocycles. The van der Waals surface area contributed by atoms with E-state index in [4.69, 9.17) is 26.6 Å². The smallest absolute Gasteiger partial charge is 0.339 e. The van der Waals surface area contributed by atoms with Crippen LogP contribution in [0.2, 0.25) is 5.15 Å². The molecule has 2 rings (SSSR count). The molecule has 0 atom stereocenters. The van der Waals surface area contributed by atoms with Crippen LogP contribution in [0, 0.1) is 0 Å². The third-order valence-electron chi connectivity index (χ3n) is 2.73. The Morgan fingerprint density at radius 2 is 2.00 bits per heavy atom. The number of carboxylic acids is 1. The molecule has 0 bridgehead atoms. The van der Waals surface area contributed by atoms with E-state index in [0.29, 0.717) is 28.4 Å². The highest BCUT2D eigenvalue weighted by Gasteiger charge is 2.14. The summed E-state index contributed by atoms with van der Waals surface area (Å²) in [6.45, 7) is 0.105. The fourth-order valence-electron chi connectivity index (χ4n) is 1.77. The first-order valence-corrected chi connectivity index (χ1v) is 6.41. The van der Waals surface area contributed by atoms with Gasteiger partial charge in [-0.15, -0.1) is 0 Å². The fraction of sp³-hybridized carbons (Fsp3) is 0.0667. The molecule has 5 nitrogen and oxygen atoms in total. The van der Waals surface area contributed by atoms with Crippen LogP contribution in [0.3, 0.4) is 0 Å². The van der Waals surface area contributed by atoms with Crippen LogP contribution in [0.15, 0.2) is 48.7 Å². The van der Waals surface area contributed by atoms with Crippen molar-refractivity contribution in [2.24, 2.45) is 0 Å². The van der Waals surface area contributed by atoms with Gasteiger partial charge in [0.2, 0.25) is 5.88 Å². The van der Waals surface area contributed by atoms with E-state index in [2.05, 4.69) is 4.98 Å². The summed E-state index contributed by atoms with van der Waals surface area (Å²) in [6.07, 6.45) is 0.568. The molecule has 0 spiro atoms. The van der Waals surface area contributed by atoms with Crippen molar-refractivity contribution in [1.82, 2.24) is 4.98 Å². The lowest BCUT2D eigenvalue weighted by Crippen LogP contribution is -2.06. The SMILES string of the molecule is O=C(O)C(=CO)c1ccccc1COc1cccc(Cl)n1. The van der Waals surface area contributed by atoms with Crippen molar-refractivity contribution in [2.45, 2.75) is 6.61 Å². The number of aliphatic hydroxyl groups is 1. The van der Waals surface area contributed by atoms with Crippen molar-refractivity contribution < 1.29 is 19.7 Å². The van der Waals surface area contributed by atoms with Gasteiger partial charge in [0, 0.05) is 6.07 Å². The van der Waals surface area contributed by atoms with E-state index >= 15 is 0 Å². The number of nitrogens with zero attached hydrogens (tertiary/aromatic N) is 1. The average Bonchev–Trinajstić information content (AvgIpc) is 2.47. The van der Waals surface area contributed by atoms with Crippen LogP contribution in [0.5, 0.6) is 5.88 Å². The zero-order chi connectivity index (χ0) is 15.2. The lowest BCUT2D eigenvalue weighted by Gasteiger charge is -2.10. The Labute approximate surface area is 126 Å². The Hall–Kier alpha value is -2.53. The number of aliphatic carboxylic acids is 1. The average molecular weight is 306 g/mol. The summed E-state index contributed by atoms with van der Waals surface area (Å²) in [7, 11) is 0. The minimum atomic E-state index is -1.22. The first kappa shape index (κ1) is 14.9. The standard InChI is InChI=1S/C15H12ClNO4/c16-13-6-3-7-14(17-13)21-9-10-4-1-2-5-11(10)12(8-18)15(19)20/h1-8,18H,9H2,(H,19,20). The van der Waals surface area contributed by atoms with Gasteiger partial charge in [-0.25, -0.2) is 9.78 Å². The molecule has 2 N–H and O–H groups in total. The molecule has 1 heterocycles. The largest absolute Gasteiger partial charge is 0.515 e. The number of benzene rings is 1. The maximum atomic E-state index is 11.1. The van der Waals surface area contributed by atoms with Crippen LogP contribution in [-0.4, -0.2) is 21.2 Å². The van der Waals surface area contributed by atoms with Gasteiger partial charge in [0.05, 0.1) is 6.26 Å². The number of carboxylic acid groups (broad SMARTS) is 1. The molecule has 1 aromatic heterocycles. The molecule has 0 amide bonds. The minimum absolute atomic E-state index is 0.105. The van der Waals surface area contributed by atoms with Crippen molar-refractivity contribution in [3.05, 3.63) is 65.0 Å². The molecule has 0 saturated heterocycles. The van der Waals surface area contributed by atoms with Gasteiger partial charge in [0.1, 0.15) is 17.3 Å². The first-order valence-electron chi connectivity index (χ1n) is 6.03. The number of ether oxygens (including phenoxy) is 1. The molecular formula is C15H12ClNO4. The van der Waals surface area contributed by atoms with Gasteiger partial charge in [0.25, 0.3) is 0 Å².